The van der Waals surface area contributed by atoms with Crippen molar-refractivity contribution >= 4 is 12.2 Å². The van der Waals surface area contributed by atoms with Gasteiger partial charge in [0.1, 0.15) is 17.6 Å². The van der Waals surface area contributed by atoms with Gasteiger partial charge in [-0.1, -0.05) is 78.9 Å². The third-order valence-electron chi connectivity index (χ3n) is 7.35. The maximum Gasteiger partial charge on any atom is 0.509 e. The maximum absolute atomic E-state index is 13.5. The van der Waals surface area contributed by atoms with Crippen molar-refractivity contribution in [3.8, 4) is 0 Å². The third kappa shape index (κ3) is 5.43. The minimum atomic E-state index is -1.39. The standard InChI is InChI=1S/C33H35N3O2/c1-7-22-33(34-5,35-6)28-23-26-19-21-29(36(26)31(37)38-32(2,3)4)30(28)27(25-16-12-9-13-17-25)20-18-24-14-10-8-11-15-24/h7-18,20,23,26-27,29-30H,1,19,21-22H2,2-4H3/b20-18+/t26-,27?,29?,30?/m1/s1. The van der Waals surface area contributed by atoms with Crippen LogP contribution in [-0.2, 0) is 4.74 Å². The molecule has 1 saturated heterocycles. The number of rotatable bonds is 7. The lowest BCUT2D eigenvalue weighted by Crippen LogP contribution is -2.52. The molecule has 1 fully saturated rings. The highest BCUT2D eigenvalue weighted by molar-refractivity contribution is 5.71. The number of hydrogen-bond acceptors (Lipinski definition) is 2. The summed E-state index contributed by atoms with van der Waals surface area (Å²) in [6.07, 6.45) is 9.38. The van der Waals surface area contributed by atoms with Crippen molar-refractivity contribution in [2.24, 2.45) is 5.92 Å². The molecule has 2 aliphatic rings. The molecule has 38 heavy (non-hydrogen) atoms. The second-order valence-electron chi connectivity index (χ2n) is 11.0. The van der Waals surface area contributed by atoms with Crippen LogP contribution in [0.3, 0.4) is 0 Å². The Hall–Kier alpha value is -4.09. The van der Waals surface area contributed by atoms with Crippen molar-refractivity contribution in [1.29, 1.82) is 0 Å². The molecule has 5 heteroatoms. The number of nitrogens with zero attached hydrogens (tertiary/aromatic N) is 3. The maximum atomic E-state index is 13.5. The van der Waals surface area contributed by atoms with E-state index >= 15 is 0 Å². The zero-order valence-electron chi connectivity index (χ0n) is 22.4. The highest BCUT2D eigenvalue weighted by atomic mass is 16.6. The first kappa shape index (κ1) is 27.0. The van der Waals surface area contributed by atoms with Crippen molar-refractivity contribution in [2.45, 2.75) is 69.3 Å². The molecule has 2 aromatic rings. The molecule has 5 nitrogen and oxygen atoms in total. The molecular formula is C33H35N3O2. The molecule has 0 N–H and O–H groups in total. The van der Waals surface area contributed by atoms with Gasteiger partial charge in [0.05, 0.1) is 6.04 Å². The van der Waals surface area contributed by atoms with Crippen LogP contribution in [0.25, 0.3) is 15.8 Å². The molecule has 0 radical (unpaired) electrons. The highest BCUT2D eigenvalue weighted by Gasteiger charge is 2.59. The summed E-state index contributed by atoms with van der Waals surface area (Å²) in [7, 11) is 0. The fraction of sp³-hybridized carbons (Fsp3) is 0.364. The molecule has 1 amide bonds. The van der Waals surface area contributed by atoms with Crippen LogP contribution < -0.4 is 0 Å². The van der Waals surface area contributed by atoms with Crippen LogP contribution in [-0.4, -0.2) is 34.3 Å². The quantitative estimate of drug-likeness (QED) is 0.283. The van der Waals surface area contributed by atoms with E-state index in [1.54, 1.807) is 6.08 Å². The van der Waals surface area contributed by atoms with Gasteiger partial charge in [0.25, 0.3) is 0 Å². The Kier molecular flexibility index (Phi) is 7.88. The largest absolute Gasteiger partial charge is 0.509 e. The van der Waals surface area contributed by atoms with Gasteiger partial charge in [-0.3, -0.25) is 4.90 Å². The molecule has 2 bridgehead atoms. The molecule has 2 aromatic carbocycles. The molecule has 194 valence electrons. The first-order valence-electron chi connectivity index (χ1n) is 13.1. The fourth-order valence-corrected chi connectivity index (χ4v) is 5.78. The summed E-state index contributed by atoms with van der Waals surface area (Å²) in [5.41, 5.74) is 0.923. The van der Waals surface area contributed by atoms with Crippen LogP contribution in [0.5, 0.6) is 0 Å². The summed E-state index contributed by atoms with van der Waals surface area (Å²) < 4.78 is 5.84. The zero-order chi connectivity index (χ0) is 27.3. The minimum absolute atomic E-state index is 0.163. The van der Waals surface area contributed by atoms with E-state index in [1.165, 1.54) is 0 Å². The first-order valence-corrected chi connectivity index (χ1v) is 13.1. The number of fused-ring (bicyclic) bond motifs is 2. The smallest absolute Gasteiger partial charge is 0.444 e. The van der Waals surface area contributed by atoms with Gasteiger partial charge >= 0.3 is 11.8 Å². The van der Waals surface area contributed by atoms with Crippen molar-refractivity contribution in [2.75, 3.05) is 0 Å². The Bertz CT molecular complexity index is 1280. The highest BCUT2D eigenvalue weighted by Crippen LogP contribution is 2.51. The zero-order valence-corrected chi connectivity index (χ0v) is 22.4. The predicted octanol–water partition coefficient (Wildman–Crippen LogP) is 7.92. The van der Waals surface area contributed by atoms with Gasteiger partial charge < -0.3 is 4.74 Å². The van der Waals surface area contributed by atoms with Crippen molar-refractivity contribution in [3.05, 3.63) is 125 Å². The summed E-state index contributed by atoms with van der Waals surface area (Å²) in [5, 5.41) is 0. The van der Waals surface area contributed by atoms with Crippen molar-refractivity contribution in [1.82, 2.24) is 4.90 Å². The van der Waals surface area contributed by atoms with Gasteiger partial charge in [-0.2, -0.15) is 0 Å². The summed E-state index contributed by atoms with van der Waals surface area (Å²) in [6.45, 7) is 25.7. The van der Waals surface area contributed by atoms with Gasteiger partial charge in [0.2, 0.25) is 0 Å². The lowest BCUT2D eigenvalue weighted by Gasteiger charge is -2.42. The van der Waals surface area contributed by atoms with E-state index in [0.29, 0.717) is 0 Å². The topological polar surface area (TPSA) is 38.3 Å². The van der Waals surface area contributed by atoms with E-state index in [-0.39, 0.29) is 36.4 Å². The van der Waals surface area contributed by atoms with Crippen LogP contribution in [0.15, 0.2) is 91.0 Å². The molecule has 2 aliphatic heterocycles. The third-order valence-corrected chi connectivity index (χ3v) is 7.35. The minimum Gasteiger partial charge on any atom is -0.444 e. The number of benzene rings is 2. The summed E-state index contributed by atoms with van der Waals surface area (Å²) in [5.74, 6) is -0.434. The second kappa shape index (κ2) is 11.1. The predicted molar refractivity (Wildman–Crippen MR) is 152 cm³/mol. The Morgan fingerprint density at radius 2 is 1.71 bits per heavy atom. The Balaban J connectivity index is 1.90. The fourth-order valence-electron chi connectivity index (χ4n) is 5.78. The van der Waals surface area contributed by atoms with Crippen molar-refractivity contribution < 1.29 is 9.53 Å². The average molecular weight is 506 g/mol. The first-order chi connectivity index (χ1) is 18.2. The monoisotopic (exact) mass is 505 g/mol. The molecule has 0 spiro atoms. The Labute approximate surface area is 226 Å². The van der Waals surface area contributed by atoms with Gasteiger partial charge in [0.15, 0.2) is 0 Å². The molecular weight excluding hydrogens is 470 g/mol. The summed E-state index contributed by atoms with van der Waals surface area (Å²) >= 11 is 0. The number of amides is 1. The summed E-state index contributed by atoms with van der Waals surface area (Å²) in [4.78, 5) is 23.2. The number of carbonyl (C=O) groups is 1. The molecule has 0 aromatic heterocycles. The average Bonchev–Trinajstić information content (AvgIpc) is 3.23. The lowest BCUT2D eigenvalue weighted by molar-refractivity contribution is 0.0107. The van der Waals surface area contributed by atoms with E-state index in [4.69, 9.17) is 17.9 Å². The van der Waals surface area contributed by atoms with Gasteiger partial charge in [-0.05, 0) is 50.8 Å². The molecule has 0 saturated carbocycles. The molecule has 2 heterocycles. The number of ether oxygens (including phenoxy) is 1. The van der Waals surface area contributed by atoms with Crippen LogP contribution in [0.1, 0.15) is 57.1 Å². The Morgan fingerprint density at radius 3 is 2.29 bits per heavy atom. The normalized spacial score (nSPS) is 21.8. The van der Waals surface area contributed by atoms with Crippen LogP contribution in [0.4, 0.5) is 4.79 Å². The van der Waals surface area contributed by atoms with Gasteiger partial charge in [-0.25, -0.2) is 27.6 Å². The number of hydrogen-bond donors (Lipinski definition) is 0. The van der Waals surface area contributed by atoms with Crippen LogP contribution >= 0.6 is 0 Å². The van der Waals surface area contributed by atoms with Crippen LogP contribution in [0.2, 0.25) is 0 Å². The van der Waals surface area contributed by atoms with E-state index in [0.717, 1.165) is 29.5 Å². The number of allylic oxidation sites excluding steroid dienone is 1. The van der Waals surface area contributed by atoms with Gasteiger partial charge in [-0.15, -0.1) is 6.58 Å². The number of carbonyl (C=O) groups excluding carboxylic acids is 1. The van der Waals surface area contributed by atoms with E-state index in [2.05, 4.69) is 52.7 Å². The van der Waals surface area contributed by atoms with E-state index in [1.807, 2.05) is 68.1 Å². The van der Waals surface area contributed by atoms with E-state index in [9.17, 15) is 4.79 Å². The molecule has 0 aliphatic carbocycles. The molecule has 4 rings (SSSR count). The SMILES string of the molecule is [C-]#[N+]C(CC=C)([N+]#[C-])C1=C[C@H]2CCC(C1C(/C=C/c1ccccc1)c1ccccc1)N2C(=O)OC(C)(C)C. The van der Waals surface area contributed by atoms with Gasteiger partial charge in [0, 0.05) is 17.9 Å². The molecule has 3 unspecified atom stereocenters. The molecule has 4 atom stereocenters. The van der Waals surface area contributed by atoms with E-state index < -0.39 is 11.3 Å². The Morgan fingerprint density at radius 1 is 1.08 bits per heavy atom. The van der Waals surface area contributed by atoms with Crippen LogP contribution in [0, 0.1) is 19.1 Å². The van der Waals surface area contributed by atoms with Crippen molar-refractivity contribution in [3.63, 3.8) is 0 Å². The second-order valence-corrected chi connectivity index (χ2v) is 11.0. The summed E-state index contributed by atoms with van der Waals surface area (Å²) in [6, 6.07) is 19.9. The lowest BCUT2D eigenvalue weighted by atomic mass is 9.70.